The lowest BCUT2D eigenvalue weighted by atomic mass is 9.90. The van der Waals surface area contributed by atoms with Crippen LogP contribution in [0.4, 0.5) is 0 Å². The highest BCUT2D eigenvalue weighted by Crippen LogP contribution is 2.31. The predicted octanol–water partition coefficient (Wildman–Crippen LogP) is 5.55. The van der Waals surface area contributed by atoms with Gasteiger partial charge in [0.1, 0.15) is 24.4 Å². The van der Waals surface area contributed by atoms with Crippen molar-refractivity contribution in [1.29, 1.82) is 0 Å². The third-order valence-electron chi connectivity index (χ3n) is 6.43. The molecule has 1 aliphatic rings. The first-order valence-electron chi connectivity index (χ1n) is 12.9. The highest BCUT2D eigenvalue weighted by Gasteiger charge is 2.46. The van der Waals surface area contributed by atoms with Crippen LogP contribution in [0.3, 0.4) is 0 Å². The first-order valence-corrected chi connectivity index (χ1v) is 12.9. The van der Waals surface area contributed by atoms with E-state index >= 15 is 0 Å². The highest BCUT2D eigenvalue weighted by molar-refractivity contribution is 5.15. The normalized spacial score (nSPS) is 24.2. The van der Waals surface area contributed by atoms with E-state index in [0.29, 0.717) is 32.3 Å². The molecule has 1 saturated heterocycles. The molecule has 0 spiro atoms. The Hall–Kier alpha value is -2.54. The van der Waals surface area contributed by atoms with E-state index < -0.39 is 18.3 Å². The van der Waals surface area contributed by atoms with Gasteiger partial charge in [-0.1, -0.05) is 105 Å². The second-order valence-corrected chi connectivity index (χ2v) is 9.86. The van der Waals surface area contributed by atoms with Gasteiger partial charge in [0.2, 0.25) is 0 Å². The van der Waals surface area contributed by atoms with Gasteiger partial charge in [-0.2, -0.15) is 0 Å². The van der Waals surface area contributed by atoms with Crippen molar-refractivity contribution >= 4 is 0 Å². The standard InChI is InChI=1S/C31H38O5/c1-23(2)18-27-29(32)31(35-21-26-16-10-5-11-17-26)30(34-20-25-14-8-4-9-15-25)28(36-27)22-33-19-24-12-6-3-7-13-24/h3-17,23,27-32H,18-22H2,1-2H3/t27-,28-,29+,30-,31-/m1/s1. The Labute approximate surface area is 215 Å². The van der Waals surface area contributed by atoms with Crippen molar-refractivity contribution in [2.75, 3.05) is 6.61 Å². The molecule has 0 radical (unpaired) electrons. The topological polar surface area (TPSA) is 57.2 Å². The van der Waals surface area contributed by atoms with E-state index in [-0.39, 0.29) is 12.2 Å². The van der Waals surface area contributed by atoms with E-state index in [9.17, 15) is 5.11 Å². The Morgan fingerprint density at radius 2 is 1.14 bits per heavy atom. The van der Waals surface area contributed by atoms with Crippen molar-refractivity contribution in [3.8, 4) is 0 Å². The Bertz CT molecular complexity index is 995. The maximum Gasteiger partial charge on any atom is 0.115 e. The van der Waals surface area contributed by atoms with E-state index in [1.807, 2.05) is 91.0 Å². The molecular weight excluding hydrogens is 452 g/mol. The molecule has 192 valence electrons. The summed E-state index contributed by atoms with van der Waals surface area (Å²) < 4.78 is 25.3. The van der Waals surface area contributed by atoms with Gasteiger partial charge >= 0.3 is 0 Å². The summed E-state index contributed by atoms with van der Waals surface area (Å²) in [6.07, 6.45) is -1.83. The van der Waals surface area contributed by atoms with Crippen LogP contribution in [0.15, 0.2) is 91.0 Å². The summed E-state index contributed by atoms with van der Waals surface area (Å²) in [6, 6.07) is 30.1. The molecule has 1 N–H and O–H groups in total. The van der Waals surface area contributed by atoms with Crippen LogP contribution in [0.5, 0.6) is 0 Å². The Morgan fingerprint density at radius 3 is 1.64 bits per heavy atom. The van der Waals surface area contributed by atoms with Crippen LogP contribution in [0, 0.1) is 5.92 Å². The SMILES string of the molecule is CC(C)C[C@H]1O[C@H](COCc2ccccc2)[C@@H](OCc2ccccc2)[C@H](OCc2ccccc2)[C@H]1O. The fourth-order valence-corrected chi connectivity index (χ4v) is 4.59. The fourth-order valence-electron chi connectivity index (χ4n) is 4.59. The van der Waals surface area contributed by atoms with E-state index in [0.717, 1.165) is 23.1 Å². The Kier molecular flexibility index (Phi) is 10.1. The van der Waals surface area contributed by atoms with E-state index in [1.54, 1.807) is 0 Å². The zero-order valence-electron chi connectivity index (χ0n) is 21.2. The second kappa shape index (κ2) is 13.7. The molecule has 0 unspecified atom stereocenters. The Morgan fingerprint density at radius 1 is 0.667 bits per heavy atom. The van der Waals surface area contributed by atoms with Gasteiger partial charge in [-0.15, -0.1) is 0 Å². The van der Waals surface area contributed by atoms with Crippen molar-refractivity contribution in [3.05, 3.63) is 108 Å². The average Bonchev–Trinajstić information content (AvgIpc) is 2.90. The first kappa shape index (κ1) is 26.5. The van der Waals surface area contributed by atoms with E-state index in [1.165, 1.54) is 0 Å². The molecule has 0 saturated carbocycles. The number of aliphatic hydroxyl groups excluding tert-OH is 1. The van der Waals surface area contributed by atoms with Gasteiger partial charge < -0.3 is 24.1 Å². The number of aliphatic hydroxyl groups is 1. The van der Waals surface area contributed by atoms with Crippen LogP contribution in [0.2, 0.25) is 0 Å². The van der Waals surface area contributed by atoms with Crippen LogP contribution in [0.1, 0.15) is 37.0 Å². The number of hydrogen-bond acceptors (Lipinski definition) is 5. The molecule has 1 heterocycles. The summed E-state index contributed by atoms with van der Waals surface area (Å²) in [6.45, 7) is 5.89. The molecule has 3 aromatic carbocycles. The summed E-state index contributed by atoms with van der Waals surface area (Å²) >= 11 is 0. The van der Waals surface area contributed by atoms with Crippen LogP contribution in [0.25, 0.3) is 0 Å². The van der Waals surface area contributed by atoms with Crippen LogP contribution < -0.4 is 0 Å². The van der Waals surface area contributed by atoms with Gasteiger partial charge in [0.05, 0.1) is 32.5 Å². The van der Waals surface area contributed by atoms with Crippen LogP contribution in [-0.4, -0.2) is 42.2 Å². The van der Waals surface area contributed by atoms with E-state index in [2.05, 4.69) is 13.8 Å². The van der Waals surface area contributed by atoms with Gasteiger partial charge in [0.15, 0.2) is 0 Å². The average molecular weight is 491 g/mol. The van der Waals surface area contributed by atoms with Gasteiger partial charge in [0.25, 0.3) is 0 Å². The zero-order valence-corrected chi connectivity index (χ0v) is 21.2. The molecule has 4 rings (SSSR count). The maximum absolute atomic E-state index is 11.4. The number of benzene rings is 3. The summed E-state index contributed by atoms with van der Waals surface area (Å²) in [5.41, 5.74) is 3.21. The second-order valence-electron chi connectivity index (χ2n) is 9.86. The van der Waals surface area contributed by atoms with Gasteiger partial charge in [-0.05, 0) is 29.0 Å². The minimum atomic E-state index is -0.803. The third kappa shape index (κ3) is 7.73. The van der Waals surface area contributed by atoms with E-state index in [4.69, 9.17) is 18.9 Å². The van der Waals surface area contributed by atoms with Crippen LogP contribution >= 0.6 is 0 Å². The molecule has 0 bridgehead atoms. The fraction of sp³-hybridized carbons (Fsp3) is 0.419. The number of hydrogen-bond donors (Lipinski definition) is 1. The summed E-state index contributed by atoms with van der Waals surface area (Å²) in [5.74, 6) is 0.368. The van der Waals surface area contributed by atoms with Crippen molar-refractivity contribution in [1.82, 2.24) is 0 Å². The molecule has 5 atom stereocenters. The summed E-state index contributed by atoms with van der Waals surface area (Å²) in [7, 11) is 0. The third-order valence-corrected chi connectivity index (χ3v) is 6.43. The number of rotatable bonds is 12. The van der Waals surface area contributed by atoms with Crippen molar-refractivity contribution in [2.45, 2.75) is 70.6 Å². The molecule has 5 nitrogen and oxygen atoms in total. The summed E-state index contributed by atoms with van der Waals surface area (Å²) in [4.78, 5) is 0. The zero-order chi connectivity index (χ0) is 25.2. The lowest BCUT2D eigenvalue weighted by Crippen LogP contribution is -2.60. The molecule has 0 aliphatic carbocycles. The van der Waals surface area contributed by atoms with Crippen molar-refractivity contribution in [2.24, 2.45) is 5.92 Å². The quantitative estimate of drug-likeness (QED) is 0.361. The minimum Gasteiger partial charge on any atom is -0.388 e. The van der Waals surface area contributed by atoms with Crippen molar-refractivity contribution < 1.29 is 24.1 Å². The Balaban J connectivity index is 1.52. The monoisotopic (exact) mass is 490 g/mol. The lowest BCUT2D eigenvalue weighted by molar-refractivity contribution is -0.263. The van der Waals surface area contributed by atoms with Gasteiger partial charge in [-0.3, -0.25) is 0 Å². The minimum absolute atomic E-state index is 0.348. The smallest absolute Gasteiger partial charge is 0.115 e. The first-order chi connectivity index (χ1) is 17.6. The molecule has 1 aliphatic heterocycles. The largest absolute Gasteiger partial charge is 0.388 e. The molecule has 5 heteroatoms. The number of ether oxygens (including phenoxy) is 4. The highest BCUT2D eigenvalue weighted by atomic mass is 16.6. The van der Waals surface area contributed by atoms with Gasteiger partial charge in [-0.25, -0.2) is 0 Å². The molecular formula is C31H38O5. The maximum atomic E-state index is 11.4. The predicted molar refractivity (Wildman–Crippen MR) is 140 cm³/mol. The van der Waals surface area contributed by atoms with Gasteiger partial charge in [0, 0.05) is 0 Å². The van der Waals surface area contributed by atoms with Crippen LogP contribution in [-0.2, 0) is 38.8 Å². The molecule has 0 aromatic heterocycles. The molecule has 3 aromatic rings. The van der Waals surface area contributed by atoms with Crippen molar-refractivity contribution in [3.63, 3.8) is 0 Å². The molecule has 1 fully saturated rings. The molecule has 36 heavy (non-hydrogen) atoms. The summed E-state index contributed by atoms with van der Waals surface area (Å²) in [5, 5.41) is 11.4. The molecule has 0 amide bonds. The lowest BCUT2D eigenvalue weighted by Gasteiger charge is -2.45.